The van der Waals surface area contributed by atoms with Crippen molar-refractivity contribution in [1.29, 1.82) is 0 Å². The average molecular weight is 729 g/mol. The van der Waals surface area contributed by atoms with E-state index in [4.69, 9.17) is 9.47 Å². The third-order valence-electron chi connectivity index (χ3n) is 9.99. The van der Waals surface area contributed by atoms with E-state index in [2.05, 4.69) is 122 Å². The van der Waals surface area contributed by atoms with Crippen molar-refractivity contribution in [3.8, 4) is 44.9 Å². The van der Waals surface area contributed by atoms with Gasteiger partial charge in [-0.25, -0.2) is 4.79 Å². The van der Waals surface area contributed by atoms with Crippen LogP contribution in [0.3, 0.4) is 0 Å². The molecule has 8 aromatic rings. The fraction of sp³-hybridized carbons (Fsp3) is 0.0851. The SMILES string of the molecule is COc1ccc2ccccc2c1-c1cccc(-c2c(OC)ccc3ccccc23)c1P(c1ccccc1C(=O)O)c1sccc1-c1c(C)cccc1C. The van der Waals surface area contributed by atoms with Crippen molar-refractivity contribution in [2.75, 3.05) is 14.2 Å². The summed E-state index contributed by atoms with van der Waals surface area (Å²) in [6.45, 7) is 4.30. The second kappa shape index (κ2) is 14.4. The number of thiophene rings is 1. The minimum Gasteiger partial charge on any atom is -0.496 e. The molecule has 0 spiro atoms. The molecule has 6 heteroatoms. The van der Waals surface area contributed by atoms with E-state index in [-0.39, 0.29) is 5.56 Å². The Morgan fingerprint density at radius 2 is 1.09 bits per heavy atom. The van der Waals surface area contributed by atoms with E-state index in [1.165, 1.54) is 16.7 Å². The van der Waals surface area contributed by atoms with Gasteiger partial charge in [0.25, 0.3) is 0 Å². The number of hydrogen-bond donors (Lipinski definition) is 1. The van der Waals surface area contributed by atoms with Crippen LogP contribution >= 0.6 is 19.3 Å². The summed E-state index contributed by atoms with van der Waals surface area (Å²) in [4.78, 5) is 13.2. The maximum Gasteiger partial charge on any atom is 0.336 e. The lowest BCUT2D eigenvalue weighted by atomic mass is 9.92. The number of fused-ring (bicyclic) bond motifs is 2. The molecule has 0 saturated carbocycles. The summed E-state index contributed by atoms with van der Waals surface area (Å²) in [5.74, 6) is 0.534. The first-order chi connectivity index (χ1) is 25.9. The standard InChI is InChI=1S/C47H37O4PS/c1-29-13-11-14-30(2)42(29)38-27-28-53-47(38)52(41-22-10-9-19-35(41)46(48)49)45-36(43-33-17-7-5-15-31(33)23-25-39(43)50-3)20-12-21-37(45)44-34-18-8-6-16-32(34)24-26-40(44)51-4/h5-28H,1-4H3,(H,48,49). The first-order valence-electron chi connectivity index (χ1n) is 17.4. The highest BCUT2D eigenvalue weighted by atomic mass is 32.1. The molecule has 4 nitrogen and oxygen atoms in total. The van der Waals surface area contributed by atoms with Crippen molar-refractivity contribution in [2.45, 2.75) is 13.8 Å². The zero-order chi connectivity index (χ0) is 36.6. The van der Waals surface area contributed by atoms with Crippen molar-refractivity contribution in [3.63, 3.8) is 0 Å². The van der Waals surface area contributed by atoms with E-state index in [9.17, 15) is 9.90 Å². The van der Waals surface area contributed by atoms with Crippen LogP contribution in [-0.2, 0) is 0 Å². The molecule has 0 radical (unpaired) electrons. The number of carboxylic acid groups (broad SMARTS) is 1. The predicted octanol–water partition coefficient (Wildman–Crippen LogP) is 11.1. The number of ether oxygens (including phenoxy) is 2. The Labute approximate surface area is 314 Å². The fourth-order valence-corrected chi connectivity index (χ4v) is 12.1. The van der Waals surface area contributed by atoms with E-state index in [1.807, 2.05) is 30.3 Å². The Balaban J connectivity index is 1.60. The first kappa shape index (κ1) is 34.4. The predicted molar refractivity (Wildman–Crippen MR) is 224 cm³/mol. The van der Waals surface area contributed by atoms with Crippen LogP contribution in [0.15, 0.2) is 145 Å². The minimum atomic E-state index is -1.54. The molecule has 0 aliphatic rings. The van der Waals surface area contributed by atoms with Gasteiger partial charge in [0.15, 0.2) is 0 Å². The topological polar surface area (TPSA) is 55.8 Å². The number of carbonyl (C=O) groups is 1. The molecule has 53 heavy (non-hydrogen) atoms. The molecule has 260 valence electrons. The first-order valence-corrected chi connectivity index (χ1v) is 19.6. The average Bonchev–Trinajstić information content (AvgIpc) is 3.66. The summed E-state index contributed by atoms with van der Waals surface area (Å²) >= 11 is 1.69. The Bertz CT molecular complexity index is 2550. The van der Waals surface area contributed by atoms with Crippen molar-refractivity contribution in [2.24, 2.45) is 0 Å². The van der Waals surface area contributed by atoms with E-state index < -0.39 is 13.9 Å². The third kappa shape index (κ3) is 5.96. The lowest BCUT2D eigenvalue weighted by Gasteiger charge is -2.28. The van der Waals surface area contributed by atoms with Crippen LogP contribution in [0.5, 0.6) is 11.5 Å². The van der Waals surface area contributed by atoms with Crippen LogP contribution in [0.25, 0.3) is 54.9 Å². The number of benzene rings is 7. The number of aryl methyl sites for hydroxylation is 2. The zero-order valence-electron chi connectivity index (χ0n) is 29.9. The number of carboxylic acids is 1. The van der Waals surface area contributed by atoms with Gasteiger partial charge in [-0.15, -0.1) is 11.3 Å². The third-order valence-corrected chi connectivity index (χ3v) is 14.0. The highest BCUT2D eigenvalue weighted by Crippen LogP contribution is 2.50. The van der Waals surface area contributed by atoms with Gasteiger partial charge in [0.05, 0.1) is 19.8 Å². The Morgan fingerprint density at radius 3 is 1.66 bits per heavy atom. The van der Waals surface area contributed by atoms with Gasteiger partial charge in [-0.1, -0.05) is 115 Å². The molecular weight excluding hydrogens is 692 g/mol. The summed E-state index contributed by atoms with van der Waals surface area (Å²) in [6, 6.07) is 47.6. The van der Waals surface area contributed by atoms with E-state index in [0.29, 0.717) is 0 Å². The highest BCUT2D eigenvalue weighted by Gasteiger charge is 2.33. The molecule has 1 N–H and O–H groups in total. The summed E-state index contributed by atoms with van der Waals surface area (Å²) < 4.78 is 13.5. The van der Waals surface area contributed by atoms with E-state index in [1.54, 1.807) is 31.6 Å². The molecule has 0 aliphatic heterocycles. The van der Waals surface area contributed by atoms with Crippen LogP contribution in [0, 0.1) is 13.8 Å². The van der Waals surface area contributed by atoms with Crippen LogP contribution in [-0.4, -0.2) is 25.3 Å². The Morgan fingerprint density at radius 1 is 0.566 bits per heavy atom. The molecule has 0 bridgehead atoms. The molecule has 7 aromatic carbocycles. The van der Waals surface area contributed by atoms with Crippen molar-refractivity contribution >= 4 is 62.0 Å². The van der Waals surface area contributed by atoms with Gasteiger partial charge in [0.2, 0.25) is 0 Å². The summed E-state index contributed by atoms with van der Waals surface area (Å²) in [5, 5.41) is 19.1. The fourth-order valence-electron chi connectivity index (χ4n) is 7.67. The maximum absolute atomic E-state index is 13.2. The number of rotatable bonds is 9. The molecule has 0 aliphatic carbocycles. The molecule has 0 saturated heterocycles. The summed E-state index contributed by atoms with van der Waals surface area (Å²) in [5.41, 5.74) is 8.82. The summed E-state index contributed by atoms with van der Waals surface area (Å²) in [6.07, 6.45) is 0. The molecular formula is C47H37O4PS. The minimum absolute atomic E-state index is 0.287. The molecule has 1 atom stereocenters. The number of aromatic carboxylic acids is 1. The normalized spacial score (nSPS) is 11.8. The van der Waals surface area contributed by atoms with E-state index in [0.717, 1.165) is 76.1 Å². The second-order valence-corrected chi connectivity index (χ2v) is 16.3. The van der Waals surface area contributed by atoms with Gasteiger partial charge >= 0.3 is 5.97 Å². The van der Waals surface area contributed by atoms with Gasteiger partial charge in [0.1, 0.15) is 11.5 Å². The van der Waals surface area contributed by atoms with Crippen LogP contribution < -0.4 is 24.7 Å². The molecule has 1 heterocycles. The second-order valence-electron chi connectivity index (χ2n) is 13.0. The molecule has 0 amide bonds. The zero-order valence-corrected chi connectivity index (χ0v) is 31.6. The lowest BCUT2D eigenvalue weighted by Crippen LogP contribution is -2.27. The van der Waals surface area contributed by atoms with Crippen LogP contribution in [0.4, 0.5) is 0 Å². The van der Waals surface area contributed by atoms with Gasteiger partial charge in [-0.05, 0) is 92.9 Å². The number of methoxy groups -OCH3 is 2. The van der Waals surface area contributed by atoms with Crippen molar-refractivity contribution in [1.82, 2.24) is 0 Å². The maximum atomic E-state index is 13.2. The Kier molecular flexibility index (Phi) is 9.30. The van der Waals surface area contributed by atoms with Crippen LogP contribution in [0.2, 0.25) is 0 Å². The number of hydrogen-bond acceptors (Lipinski definition) is 4. The van der Waals surface area contributed by atoms with Crippen molar-refractivity contribution < 1.29 is 19.4 Å². The van der Waals surface area contributed by atoms with E-state index >= 15 is 0 Å². The summed E-state index contributed by atoms with van der Waals surface area (Å²) in [7, 11) is 1.89. The highest BCUT2D eigenvalue weighted by molar-refractivity contribution is 7.84. The molecule has 1 aromatic heterocycles. The van der Waals surface area contributed by atoms with Crippen molar-refractivity contribution in [3.05, 3.63) is 162 Å². The largest absolute Gasteiger partial charge is 0.496 e. The smallest absolute Gasteiger partial charge is 0.336 e. The molecule has 0 fully saturated rings. The molecule has 1 unspecified atom stereocenters. The van der Waals surface area contributed by atoms with Gasteiger partial charge < -0.3 is 14.6 Å². The van der Waals surface area contributed by atoms with Crippen LogP contribution in [0.1, 0.15) is 21.5 Å². The van der Waals surface area contributed by atoms with Gasteiger partial charge in [-0.2, -0.15) is 0 Å². The quantitative estimate of drug-likeness (QED) is 0.150. The van der Waals surface area contributed by atoms with Gasteiger partial charge in [0, 0.05) is 39.8 Å². The molecule has 8 rings (SSSR count). The Hall–Kier alpha value is -5.74. The van der Waals surface area contributed by atoms with Gasteiger partial charge in [-0.3, -0.25) is 0 Å². The monoisotopic (exact) mass is 728 g/mol. The lowest BCUT2D eigenvalue weighted by molar-refractivity contribution is 0.0698.